The van der Waals surface area contributed by atoms with Crippen LogP contribution in [0.3, 0.4) is 0 Å². The largest absolute Gasteiger partial charge is 0.607 e. The van der Waals surface area contributed by atoms with Crippen molar-refractivity contribution in [3.05, 3.63) is 12.2 Å². The van der Waals surface area contributed by atoms with Crippen LogP contribution in [0.1, 0.15) is 20.3 Å². The topological polar surface area (TPSA) is 35.5 Å². The van der Waals surface area contributed by atoms with Gasteiger partial charge in [-0.2, -0.15) is 26.1 Å². The first-order chi connectivity index (χ1) is 4.18. The first-order valence-corrected chi connectivity index (χ1v) is 2.73. The minimum Gasteiger partial charge on any atom is -0.607 e. The SMILES string of the molecule is C[C-]1C[C-](C)OC(=O)O1.[Y].[Y].[Y]. The molecule has 1 aliphatic heterocycles. The van der Waals surface area contributed by atoms with E-state index in [4.69, 9.17) is 0 Å². The smallest absolute Gasteiger partial charge is 0.444 e. The molecule has 1 fully saturated rings. The zero-order chi connectivity index (χ0) is 6.85. The summed E-state index contributed by atoms with van der Waals surface area (Å²) >= 11 is 0. The van der Waals surface area contributed by atoms with E-state index in [0.29, 0.717) is 18.6 Å². The molecule has 0 saturated carbocycles. The molecular weight excluding hydrogens is 387 g/mol. The molecule has 0 unspecified atom stereocenters. The molecule has 0 aromatic rings. The van der Waals surface area contributed by atoms with Crippen LogP contribution in [0, 0.1) is 12.2 Å². The fourth-order valence-electron chi connectivity index (χ4n) is 0.728. The molecule has 3 nitrogen and oxygen atoms in total. The number of hydrogen-bond donors (Lipinski definition) is 0. The summed E-state index contributed by atoms with van der Waals surface area (Å²) in [5, 5.41) is 0. The van der Waals surface area contributed by atoms with Gasteiger partial charge < -0.3 is 9.47 Å². The van der Waals surface area contributed by atoms with Gasteiger partial charge in [-0.25, -0.2) is 11.2 Å². The van der Waals surface area contributed by atoms with Crippen LogP contribution < -0.4 is 0 Å². The summed E-state index contributed by atoms with van der Waals surface area (Å²) in [6, 6.07) is 0. The van der Waals surface area contributed by atoms with E-state index >= 15 is 0 Å². The van der Waals surface area contributed by atoms with Crippen LogP contribution in [0.4, 0.5) is 4.79 Å². The molecule has 0 aliphatic carbocycles. The van der Waals surface area contributed by atoms with Gasteiger partial charge in [0.05, 0.1) is 0 Å². The summed E-state index contributed by atoms with van der Waals surface area (Å²) in [7, 11) is 0. The molecule has 12 heavy (non-hydrogen) atoms. The maximum Gasteiger partial charge on any atom is 0.444 e. The van der Waals surface area contributed by atoms with E-state index in [1.165, 1.54) is 0 Å². The van der Waals surface area contributed by atoms with E-state index < -0.39 is 6.16 Å². The molecule has 0 aromatic heterocycles. The van der Waals surface area contributed by atoms with Crippen LogP contribution in [0.15, 0.2) is 0 Å². The Balaban J connectivity index is -0.000000270. The van der Waals surface area contributed by atoms with Gasteiger partial charge in [-0.05, 0) is 0 Å². The molecule has 0 atom stereocenters. The molecule has 0 N–H and O–H groups in total. The molecular formula is C6H8O3Y3-2. The minimum atomic E-state index is -0.615. The maximum absolute atomic E-state index is 10.4. The van der Waals surface area contributed by atoms with E-state index in [0.717, 1.165) is 0 Å². The van der Waals surface area contributed by atoms with Crippen molar-refractivity contribution in [1.82, 2.24) is 0 Å². The fourth-order valence-corrected chi connectivity index (χ4v) is 0.728. The molecule has 6 heteroatoms. The molecule has 1 rings (SSSR count). The van der Waals surface area contributed by atoms with E-state index in [-0.39, 0.29) is 98.1 Å². The Hall–Kier alpha value is 2.58. The van der Waals surface area contributed by atoms with Crippen molar-refractivity contribution in [3.8, 4) is 0 Å². The van der Waals surface area contributed by atoms with Crippen LogP contribution in [-0.2, 0) is 108 Å². The molecule has 1 aliphatic rings. The quantitative estimate of drug-likeness (QED) is 0.463. The van der Waals surface area contributed by atoms with Crippen LogP contribution in [0.25, 0.3) is 0 Å². The average Bonchev–Trinajstić information content (AvgIpc) is 1.59. The predicted octanol–water partition coefficient (Wildman–Crippen LogP) is 1.64. The summed E-state index contributed by atoms with van der Waals surface area (Å²) in [4.78, 5) is 10.4. The van der Waals surface area contributed by atoms with Crippen LogP contribution in [0.2, 0.25) is 0 Å². The van der Waals surface area contributed by atoms with Crippen LogP contribution in [0.5, 0.6) is 0 Å². The zero-order valence-electron chi connectivity index (χ0n) is 7.16. The summed E-state index contributed by atoms with van der Waals surface area (Å²) in [5.41, 5.74) is 0. The van der Waals surface area contributed by atoms with E-state index in [1.807, 2.05) is 0 Å². The Kier molecular flexibility index (Phi) is 16.9. The van der Waals surface area contributed by atoms with Gasteiger partial charge in [0.15, 0.2) is 0 Å². The van der Waals surface area contributed by atoms with Crippen molar-refractivity contribution in [1.29, 1.82) is 0 Å². The number of carbonyl (C=O) groups excluding carboxylic acids is 1. The van der Waals surface area contributed by atoms with Gasteiger partial charge in [0.25, 0.3) is 0 Å². The molecule has 0 amide bonds. The number of carbonyl (C=O) groups is 1. The summed E-state index contributed by atoms with van der Waals surface area (Å²) < 4.78 is 9.18. The Morgan fingerprint density at radius 2 is 1.42 bits per heavy atom. The Morgan fingerprint density at radius 1 is 1.08 bits per heavy atom. The van der Waals surface area contributed by atoms with Gasteiger partial charge in [-0.3, -0.25) is 0 Å². The second-order valence-corrected chi connectivity index (χ2v) is 2.03. The molecule has 1 heterocycles. The Bertz CT molecular complexity index is 119. The number of ether oxygens (including phenoxy) is 2. The van der Waals surface area contributed by atoms with Crippen molar-refractivity contribution in [2.75, 3.05) is 0 Å². The number of hydrogen-bond acceptors (Lipinski definition) is 3. The summed E-state index contributed by atoms with van der Waals surface area (Å²) in [6.07, 6.45) is 1.41. The maximum atomic E-state index is 10.4. The number of cyclic esters (lactones) is 2. The number of rotatable bonds is 0. The Morgan fingerprint density at radius 3 is 1.67 bits per heavy atom. The van der Waals surface area contributed by atoms with Crippen molar-refractivity contribution in [3.63, 3.8) is 0 Å². The first-order valence-electron chi connectivity index (χ1n) is 2.73. The van der Waals surface area contributed by atoms with Gasteiger partial charge in [-0.15, -0.1) is 0 Å². The van der Waals surface area contributed by atoms with Gasteiger partial charge in [0.1, 0.15) is 0 Å². The van der Waals surface area contributed by atoms with Crippen molar-refractivity contribution in [2.24, 2.45) is 0 Å². The van der Waals surface area contributed by atoms with Gasteiger partial charge in [0.2, 0.25) is 0 Å². The Labute approximate surface area is 148 Å². The molecule has 0 bridgehead atoms. The van der Waals surface area contributed by atoms with E-state index in [9.17, 15) is 4.79 Å². The average molecular weight is 395 g/mol. The molecule has 1 saturated heterocycles. The molecule has 3 radical (unpaired) electrons. The van der Waals surface area contributed by atoms with E-state index in [2.05, 4.69) is 9.47 Å². The molecule has 0 spiro atoms. The third-order valence-electron chi connectivity index (χ3n) is 1.01. The van der Waals surface area contributed by atoms with E-state index in [1.54, 1.807) is 13.8 Å². The predicted molar refractivity (Wildman–Crippen MR) is 30.0 cm³/mol. The fraction of sp³-hybridized carbons (Fsp3) is 0.500. The van der Waals surface area contributed by atoms with Crippen molar-refractivity contribution < 1.29 is 112 Å². The molecule has 61 valence electrons. The summed E-state index contributed by atoms with van der Waals surface area (Å²) in [6.45, 7) is 3.51. The first kappa shape index (κ1) is 20.1. The summed E-state index contributed by atoms with van der Waals surface area (Å²) in [5.74, 6) is 0. The molecule has 0 aromatic carbocycles. The van der Waals surface area contributed by atoms with Crippen molar-refractivity contribution >= 4 is 6.16 Å². The van der Waals surface area contributed by atoms with Crippen LogP contribution >= 0.6 is 0 Å². The minimum absolute atomic E-state index is 0. The van der Waals surface area contributed by atoms with Gasteiger partial charge in [-0.1, -0.05) is 0 Å². The third kappa shape index (κ3) is 7.94. The third-order valence-corrected chi connectivity index (χ3v) is 1.01. The standard InChI is InChI=1S/C6H8O3.3Y/c1-4-3-5(2)9-6(7)8-4;;;/h3H2,1-2H3;;;/q-2;;;. The van der Waals surface area contributed by atoms with Crippen molar-refractivity contribution in [2.45, 2.75) is 20.3 Å². The van der Waals surface area contributed by atoms with Crippen LogP contribution in [-0.4, -0.2) is 6.16 Å². The second kappa shape index (κ2) is 10.1. The van der Waals surface area contributed by atoms with Gasteiger partial charge >= 0.3 is 6.16 Å². The monoisotopic (exact) mass is 395 g/mol. The van der Waals surface area contributed by atoms with Gasteiger partial charge in [0, 0.05) is 98.1 Å². The normalized spacial score (nSPS) is 17.3. The second-order valence-electron chi connectivity index (χ2n) is 2.03. The zero-order valence-corrected chi connectivity index (χ0v) is 15.7.